The van der Waals surface area contributed by atoms with E-state index in [0.717, 1.165) is 11.4 Å². The molecule has 1 heteroatoms. The molecule has 52 heavy (non-hydrogen) atoms. The van der Waals surface area contributed by atoms with Crippen LogP contribution in [0.25, 0.3) is 65.7 Å². The molecule has 0 saturated heterocycles. The Balaban J connectivity index is 1.13. The Kier molecular flexibility index (Phi) is 6.91. The van der Waals surface area contributed by atoms with Gasteiger partial charge in [0.25, 0.3) is 0 Å². The summed E-state index contributed by atoms with van der Waals surface area (Å²) in [4.78, 5) is 2.47. The normalized spacial score (nSPS) is 13.0. The molecule has 0 saturated carbocycles. The minimum atomic E-state index is -0.163. The minimum Gasteiger partial charge on any atom is -0.310 e. The van der Waals surface area contributed by atoms with Crippen LogP contribution in [-0.2, 0) is 5.41 Å². The molecule has 1 aliphatic rings. The Bertz CT molecular complexity index is 2820. The van der Waals surface area contributed by atoms with E-state index in [1.807, 2.05) is 0 Å². The molecular weight excluding hydrogens is 627 g/mol. The van der Waals surface area contributed by atoms with E-state index in [-0.39, 0.29) is 5.41 Å². The van der Waals surface area contributed by atoms with E-state index in [2.05, 4.69) is 207 Å². The van der Waals surface area contributed by atoms with Crippen LogP contribution in [0.5, 0.6) is 0 Å². The van der Waals surface area contributed by atoms with Crippen molar-refractivity contribution in [2.45, 2.75) is 19.3 Å². The molecule has 0 bridgehead atoms. The Morgan fingerprint density at radius 1 is 0.365 bits per heavy atom. The molecular formula is C51H37N. The maximum absolute atomic E-state index is 2.47. The second-order valence-corrected chi connectivity index (χ2v) is 14.6. The fourth-order valence-corrected chi connectivity index (χ4v) is 8.72. The first-order valence-electron chi connectivity index (χ1n) is 18.2. The van der Waals surface area contributed by atoms with E-state index in [1.54, 1.807) is 0 Å². The zero-order valence-corrected chi connectivity index (χ0v) is 29.3. The van der Waals surface area contributed by atoms with Crippen LogP contribution in [0.2, 0.25) is 0 Å². The Labute approximate surface area is 305 Å². The molecule has 0 atom stereocenters. The molecule has 0 spiro atoms. The van der Waals surface area contributed by atoms with Crippen molar-refractivity contribution in [1.29, 1.82) is 0 Å². The van der Waals surface area contributed by atoms with Crippen LogP contribution in [0.1, 0.15) is 25.0 Å². The van der Waals surface area contributed by atoms with Gasteiger partial charge in [-0.3, -0.25) is 0 Å². The van der Waals surface area contributed by atoms with Crippen molar-refractivity contribution < 1.29 is 0 Å². The van der Waals surface area contributed by atoms with Gasteiger partial charge >= 0.3 is 0 Å². The summed E-state index contributed by atoms with van der Waals surface area (Å²) < 4.78 is 0. The molecule has 0 fully saturated rings. The number of hydrogen-bond acceptors (Lipinski definition) is 1. The van der Waals surface area contributed by atoms with Gasteiger partial charge in [0, 0.05) is 16.8 Å². The van der Waals surface area contributed by atoms with E-state index >= 15 is 0 Å². The van der Waals surface area contributed by atoms with Crippen molar-refractivity contribution in [2.75, 3.05) is 4.90 Å². The molecule has 1 nitrogen and oxygen atoms in total. The Hall–Kier alpha value is -6.44. The quantitative estimate of drug-likeness (QED) is 0.166. The molecule has 0 aliphatic heterocycles. The average Bonchev–Trinajstić information content (AvgIpc) is 3.44. The second-order valence-electron chi connectivity index (χ2n) is 14.6. The predicted octanol–water partition coefficient (Wildman–Crippen LogP) is 14.3. The van der Waals surface area contributed by atoms with Gasteiger partial charge in [0.2, 0.25) is 0 Å². The zero-order chi connectivity index (χ0) is 34.8. The van der Waals surface area contributed by atoms with Crippen molar-refractivity contribution in [3.8, 4) is 33.4 Å². The van der Waals surface area contributed by atoms with Gasteiger partial charge in [0.05, 0.1) is 5.69 Å². The molecule has 1 aliphatic carbocycles. The molecule has 0 aromatic heterocycles. The molecule has 9 aromatic rings. The van der Waals surface area contributed by atoms with Gasteiger partial charge in [0.1, 0.15) is 0 Å². The Morgan fingerprint density at radius 2 is 0.981 bits per heavy atom. The molecule has 0 heterocycles. The van der Waals surface area contributed by atoms with Crippen molar-refractivity contribution >= 4 is 49.4 Å². The zero-order valence-electron chi connectivity index (χ0n) is 29.3. The number of fused-ring (bicyclic) bond motifs is 7. The molecule has 9 aromatic carbocycles. The first-order chi connectivity index (χ1) is 25.5. The van der Waals surface area contributed by atoms with Gasteiger partial charge in [0.15, 0.2) is 0 Å². The van der Waals surface area contributed by atoms with Crippen LogP contribution in [0.15, 0.2) is 188 Å². The van der Waals surface area contributed by atoms with Crippen molar-refractivity contribution in [3.05, 3.63) is 199 Å². The molecule has 246 valence electrons. The smallest absolute Gasteiger partial charge is 0.0508 e. The fourth-order valence-electron chi connectivity index (χ4n) is 8.72. The third-order valence-corrected chi connectivity index (χ3v) is 11.2. The van der Waals surface area contributed by atoms with Crippen LogP contribution in [0, 0.1) is 0 Å². The van der Waals surface area contributed by atoms with Gasteiger partial charge in [-0.2, -0.15) is 0 Å². The van der Waals surface area contributed by atoms with Crippen LogP contribution in [0.3, 0.4) is 0 Å². The summed E-state index contributed by atoms with van der Waals surface area (Å²) in [5.74, 6) is 0. The van der Waals surface area contributed by atoms with Crippen LogP contribution >= 0.6 is 0 Å². The molecule has 10 rings (SSSR count). The average molecular weight is 664 g/mol. The van der Waals surface area contributed by atoms with E-state index < -0.39 is 0 Å². The lowest BCUT2D eigenvalue weighted by Crippen LogP contribution is -2.20. The van der Waals surface area contributed by atoms with Crippen molar-refractivity contribution in [2.24, 2.45) is 0 Å². The largest absolute Gasteiger partial charge is 0.310 e. The van der Waals surface area contributed by atoms with Crippen LogP contribution in [-0.4, -0.2) is 0 Å². The lowest BCUT2D eigenvalue weighted by atomic mass is 9.81. The lowest BCUT2D eigenvalue weighted by molar-refractivity contribution is 0.661. The third-order valence-electron chi connectivity index (χ3n) is 11.2. The summed E-state index contributed by atoms with van der Waals surface area (Å²) in [6, 6.07) is 69.2. The standard InChI is InChI=1S/C51H37N/c1-51(2)48-22-8-7-19-46(48)47-21-11-23-49(50(47)51)52(41-16-9-15-38(33-41)44-20-10-14-35-12-3-5-17-42(35)44)40-29-26-34(27-30-40)37-28-31-45-39(32-37)25-24-36-13-4-6-18-43(36)45/h3-33H,1-2H3. The SMILES string of the molecule is CC1(C)c2ccccc2-c2cccc(N(c3ccc(-c4ccc5c(ccc6ccccc65)c4)cc3)c3cccc(-c4cccc5ccccc45)c3)c21. The number of anilines is 3. The highest BCUT2D eigenvalue weighted by Gasteiger charge is 2.38. The highest BCUT2D eigenvalue weighted by Crippen LogP contribution is 2.54. The fraction of sp³-hybridized carbons (Fsp3) is 0.0588. The second kappa shape index (κ2) is 11.8. The monoisotopic (exact) mass is 663 g/mol. The summed E-state index contributed by atoms with van der Waals surface area (Å²) in [6.45, 7) is 4.75. The minimum absolute atomic E-state index is 0.163. The molecule has 0 unspecified atom stereocenters. The highest BCUT2D eigenvalue weighted by molar-refractivity contribution is 6.08. The predicted molar refractivity (Wildman–Crippen MR) is 222 cm³/mol. The molecule has 0 N–H and O–H groups in total. The number of hydrogen-bond donors (Lipinski definition) is 0. The summed E-state index contributed by atoms with van der Waals surface area (Å²) >= 11 is 0. The topological polar surface area (TPSA) is 3.24 Å². The van der Waals surface area contributed by atoms with Gasteiger partial charge in [-0.15, -0.1) is 0 Å². The summed E-state index contributed by atoms with van der Waals surface area (Å²) in [7, 11) is 0. The first-order valence-corrected chi connectivity index (χ1v) is 18.2. The summed E-state index contributed by atoms with van der Waals surface area (Å²) in [5, 5.41) is 7.63. The molecule has 0 amide bonds. The van der Waals surface area contributed by atoms with Crippen molar-refractivity contribution in [1.82, 2.24) is 0 Å². The van der Waals surface area contributed by atoms with E-state index in [1.165, 1.54) is 82.5 Å². The highest BCUT2D eigenvalue weighted by atomic mass is 15.1. The number of rotatable bonds is 5. The maximum Gasteiger partial charge on any atom is 0.0508 e. The van der Waals surface area contributed by atoms with Gasteiger partial charge < -0.3 is 4.90 Å². The van der Waals surface area contributed by atoms with Gasteiger partial charge in [-0.1, -0.05) is 166 Å². The van der Waals surface area contributed by atoms with E-state index in [0.29, 0.717) is 0 Å². The third kappa shape index (κ3) is 4.77. The maximum atomic E-state index is 2.47. The Morgan fingerprint density at radius 3 is 1.85 bits per heavy atom. The van der Waals surface area contributed by atoms with Crippen LogP contribution < -0.4 is 4.90 Å². The number of benzene rings is 9. The summed E-state index contributed by atoms with van der Waals surface area (Å²) in [6.07, 6.45) is 0. The van der Waals surface area contributed by atoms with Gasteiger partial charge in [-0.25, -0.2) is 0 Å². The van der Waals surface area contributed by atoms with E-state index in [4.69, 9.17) is 0 Å². The lowest BCUT2D eigenvalue weighted by Gasteiger charge is -2.32. The first kappa shape index (κ1) is 30.4. The van der Waals surface area contributed by atoms with Crippen LogP contribution in [0.4, 0.5) is 17.1 Å². The molecule has 0 radical (unpaired) electrons. The van der Waals surface area contributed by atoms with Gasteiger partial charge in [-0.05, 0) is 113 Å². The summed E-state index contributed by atoms with van der Waals surface area (Å²) in [5.41, 5.74) is 13.6. The number of nitrogens with zero attached hydrogens (tertiary/aromatic N) is 1. The van der Waals surface area contributed by atoms with E-state index in [9.17, 15) is 0 Å². The van der Waals surface area contributed by atoms with Crippen molar-refractivity contribution in [3.63, 3.8) is 0 Å².